The van der Waals surface area contributed by atoms with E-state index in [4.69, 9.17) is 21.4 Å². The first-order valence-corrected chi connectivity index (χ1v) is 5.61. The molecule has 0 spiro atoms. The fourth-order valence-corrected chi connectivity index (χ4v) is 2.05. The van der Waals surface area contributed by atoms with Gasteiger partial charge < -0.3 is 9.84 Å². The highest BCUT2D eigenvalue weighted by Crippen LogP contribution is 2.38. The SMILES string of the molecule is COc1ccc2nc(C(F)(F)F)c(C(=O)O)c(Cl)c2c1. The number of methoxy groups -OCH3 is 1. The number of benzene rings is 1. The van der Waals surface area contributed by atoms with Crippen LogP contribution in [0.3, 0.4) is 0 Å². The van der Waals surface area contributed by atoms with Gasteiger partial charge in [0.2, 0.25) is 0 Å². The number of pyridine rings is 1. The molecule has 0 saturated heterocycles. The number of carboxylic acid groups (broad SMARTS) is 1. The summed E-state index contributed by atoms with van der Waals surface area (Å²) in [4.78, 5) is 14.4. The molecule has 4 nitrogen and oxygen atoms in total. The third-order valence-electron chi connectivity index (χ3n) is 2.61. The summed E-state index contributed by atoms with van der Waals surface area (Å²) in [6, 6.07) is 4.02. The number of fused-ring (bicyclic) bond motifs is 1. The first-order chi connectivity index (χ1) is 9.25. The van der Waals surface area contributed by atoms with E-state index in [9.17, 15) is 18.0 Å². The van der Waals surface area contributed by atoms with Gasteiger partial charge in [-0.05, 0) is 18.2 Å². The molecular formula is C12H7ClF3NO3. The Morgan fingerprint density at radius 3 is 2.55 bits per heavy atom. The molecular weight excluding hydrogens is 299 g/mol. The Bertz CT molecular complexity index is 700. The van der Waals surface area contributed by atoms with Crippen LogP contribution in [0.4, 0.5) is 13.2 Å². The first kappa shape index (κ1) is 14.4. The maximum atomic E-state index is 12.9. The number of nitrogens with zero attached hydrogens (tertiary/aromatic N) is 1. The zero-order valence-electron chi connectivity index (χ0n) is 9.95. The number of ether oxygens (including phenoxy) is 1. The largest absolute Gasteiger partial charge is 0.497 e. The molecule has 1 aromatic heterocycles. The van der Waals surface area contributed by atoms with Crippen molar-refractivity contribution in [2.24, 2.45) is 0 Å². The Hall–Kier alpha value is -2.02. The number of alkyl halides is 3. The number of aromatic nitrogens is 1. The monoisotopic (exact) mass is 305 g/mol. The van der Waals surface area contributed by atoms with Crippen molar-refractivity contribution in [1.29, 1.82) is 0 Å². The van der Waals surface area contributed by atoms with Crippen LogP contribution in [0.15, 0.2) is 18.2 Å². The minimum absolute atomic E-state index is 0.0619. The van der Waals surface area contributed by atoms with E-state index in [1.165, 1.54) is 25.3 Å². The smallest absolute Gasteiger partial charge is 0.434 e. The van der Waals surface area contributed by atoms with Crippen LogP contribution in [0, 0.1) is 0 Å². The summed E-state index contributed by atoms with van der Waals surface area (Å²) in [5.41, 5.74) is -2.65. The van der Waals surface area contributed by atoms with E-state index in [0.717, 1.165) is 0 Å². The molecule has 106 valence electrons. The summed E-state index contributed by atoms with van der Waals surface area (Å²) in [6.07, 6.45) is -4.91. The van der Waals surface area contributed by atoms with E-state index in [0.29, 0.717) is 5.75 Å². The number of halogens is 4. The molecule has 0 fully saturated rings. The quantitative estimate of drug-likeness (QED) is 0.920. The minimum Gasteiger partial charge on any atom is -0.497 e. The Morgan fingerprint density at radius 1 is 1.40 bits per heavy atom. The molecule has 2 rings (SSSR count). The maximum Gasteiger partial charge on any atom is 0.434 e. The van der Waals surface area contributed by atoms with Gasteiger partial charge in [-0.25, -0.2) is 9.78 Å². The molecule has 8 heteroatoms. The van der Waals surface area contributed by atoms with Crippen molar-refractivity contribution in [1.82, 2.24) is 4.98 Å². The second-order valence-corrected chi connectivity index (χ2v) is 4.21. The highest BCUT2D eigenvalue weighted by Gasteiger charge is 2.39. The first-order valence-electron chi connectivity index (χ1n) is 5.23. The standard InChI is InChI=1S/C12H7ClF3NO3/c1-20-5-2-3-7-6(4-5)9(13)8(11(18)19)10(17-7)12(14,15)16/h2-4H,1H3,(H,18,19). The topological polar surface area (TPSA) is 59.4 Å². The van der Waals surface area contributed by atoms with Crippen LogP contribution < -0.4 is 4.74 Å². The zero-order valence-corrected chi connectivity index (χ0v) is 10.7. The molecule has 20 heavy (non-hydrogen) atoms. The molecule has 1 heterocycles. The molecule has 0 unspecified atom stereocenters. The molecule has 0 saturated carbocycles. The van der Waals surface area contributed by atoms with Gasteiger partial charge in [0.25, 0.3) is 0 Å². The molecule has 0 aliphatic rings. The fourth-order valence-electron chi connectivity index (χ4n) is 1.73. The van der Waals surface area contributed by atoms with Crippen molar-refractivity contribution in [2.75, 3.05) is 7.11 Å². The van der Waals surface area contributed by atoms with Gasteiger partial charge in [0.05, 0.1) is 17.6 Å². The number of carbonyl (C=O) groups is 1. The summed E-state index contributed by atoms with van der Waals surface area (Å²) in [7, 11) is 1.37. The van der Waals surface area contributed by atoms with E-state index < -0.39 is 28.4 Å². The molecule has 0 aliphatic heterocycles. The van der Waals surface area contributed by atoms with Crippen LogP contribution in [0.25, 0.3) is 10.9 Å². The van der Waals surface area contributed by atoms with Crippen molar-refractivity contribution >= 4 is 28.5 Å². The van der Waals surface area contributed by atoms with E-state index in [1.807, 2.05) is 0 Å². The van der Waals surface area contributed by atoms with Gasteiger partial charge in [-0.2, -0.15) is 13.2 Å². The summed E-state index contributed by atoms with van der Waals surface area (Å²) in [5, 5.41) is 8.50. The fraction of sp³-hybridized carbons (Fsp3) is 0.167. The van der Waals surface area contributed by atoms with E-state index in [1.54, 1.807) is 0 Å². The lowest BCUT2D eigenvalue weighted by atomic mass is 10.1. The van der Waals surface area contributed by atoms with Gasteiger partial charge in [0.15, 0.2) is 5.69 Å². The molecule has 1 N–H and O–H groups in total. The van der Waals surface area contributed by atoms with Gasteiger partial charge in [-0.3, -0.25) is 0 Å². The lowest BCUT2D eigenvalue weighted by Crippen LogP contribution is -2.16. The third-order valence-corrected chi connectivity index (χ3v) is 3.00. The lowest BCUT2D eigenvalue weighted by molar-refractivity contribution is -0.141. The highest BCUT2D eigenvalue weighted by atomic mass is 35.5. The van der Waals surface area contributed by atoms with Gasteiger partial charge in [0, 0.05) is 5.39 Å². The third kappa shape index (κ3) is 2.36. The van der Waals surface area contributed by atoms with Gasteiger partial charge in [0.1, 0.15) is 11.3 Å². The van der Waals surface area contributed by atoms with Crippen LogP contribution in [0.5, 0.6) is 5.75 Å². The molecule has 0 aliphatic carbocycles. The number of aromatic carboxylic acids is 1. The molecule has 1 aromatic carbocycles. The zero-order chi connectivity index (χ0) is 15.1. The molecule has 0 radical (unpaired) electrons. The minimum atomic E-state index is -4.91. The Morgan fingerprint density at radius 2 is 2.05 bits per heavy atom. The van der Waals surface area contributed by atoms with Crippen LogP contribution >= 0.6 is 11.6 Å². The van der Waals surface area contributed by atoms with E-state index in [2.05, 4.69) is 4.98 Å². The van der Waals surface area contributed by atoms with Crippen molar-refractivity contribution in [3.8, 4) is 5.75 Å². The Labute approximate surface area is 115 Å². The predicted octanol–water partition coefficient (Wildman–Crippen LogP) is 3.61. The summed E-state index contributed by atoms with van der Waals surface area (Å²) < 4.78 is 43.5. The molecule has 0 atom stereocenters. The van der Waals surface area contributed by atoms with Crippen LogP contribution in [-0.2, 0) is 6.18 Å². The second-order valence-electron chi connectivity index (χ2n) is 3.84. The normalized spacial score (nSPS) is 11.7. The predicted molar refractivity (Wildman–Crippen MR) is 65.3 cm³/mol. The summed E-state index contributed by atoms with van der Waals surface area (Å²) in [6.45, 7) is 0. The van der Waals surface area contributed by atoms with Crippen LogP contribution in [0.1, 0.15) is 16.1 Å². The average Bonchev–Trinajstić information content (AvgIpc) is 2.36. The molecule has 0 bridgehead atoms. The highest BCUT2D eigenvalue weighted by molar-refractivity contribution is 6.38. The number of carboxylic acids is 1. The van der Waals surface area contributed by atoms with Crippen molar-refractivity contribution in [3.05, 3.63) is 34.5 Å². The van der Waals surface area contributed by atoms with Gasteiger partial charge in [-0.15, -0.1) is 0 Å². The van der Waals surface area contributed by atoms with Gasteiger partial charge >= 0.3 is 12.1 Å². The Balaban J connectivity index is 2.89. The van der Waals surface area contributed by atoms with Crippen molar-refractivity contribution in [3.63, 3.8) is 0 Å². The van der Waals surface area contributed by atoms with Gasteiger partial charge in [-0.1, -0.05) is 11.6 Å². The van der Waals surface area contributed by atoms with Crippen molar-refractivity contribution in [2.45, 2.75) is 6.18 Å². The summed E-state index contributed by atoms with van der Waals surface area (Å²) >= 11 is 5.80. The summed E-state index contributed by atoms with van der Waals surface area (Å²) in [5.74, 6) is -1.46. The second kappa shape index (κ2) is 4.82. The molecule has 2 aromatic rings. The van der Waals surface area contributed by atoms with E-state index >= 15 is 0 Å². The van der Waals surface area contributed by atoms with Crippen molar-refractivity contribution < 1.29 is 27.8 Å². The average molecular weight is 306 g/mol. The number of hydrogen-bond acceptors (Lipinski definition) is 3. The number of hydrogen-bond donors (Lipinski definition) is 1. The maximum absolute atomic E-state index is 12.9. The number of rotatable bonds is 2. The van der Waals surface area contributed by atoms with E-state index in [-0.39, 0.29) is 10.9 Å². The Kier molecular flexibility index (Phi) is 3.47. The molecule has 0 amide bonds. The van der Waals surface area contributed by atoms with Crippen LogP contribution in [0.2, 0.25) is 5.02 Å². The lowest BCUT2D eigenvalue weighted by Gasteiger charge is -2.13. The van der Waals surface area contributed by atoms with Crippen LogP contribution in [-0.4, -0.2) is 23.2 Å².